The van der Waals surface area contributed by atoms with Gasteiger partial charge in [-0.1, -0.05) is 12.1 Å². The molecular formula is C31H29F3N4O5S. The van der Waals surface area contributed by atoms with Crippen molar-refractivity contribution in [2.24, 2.45) is 4.36 Å². The summed E-state index contributed by atoms with van der Waals surface area (Å²) in [5.74, 6) is -3.61. The predicted molar refractivity (Wildman–Crippen MR) is 159 cm³/mol. The average Bonchev–Trinajstić information content (AvgIpc) is 2.91. The molecule has 1 atom stereocenters. The van der Waals surface area contributed by atoms with E-state index in [0.29, 0.717) is 11.1 Å². The first-order valence-electron chi connectivity index (χ1n) is 13.2. The molecule has 0 aliphatic rings. The van der Waals surface area contributed by atoms with Gasteiger partial charge in [0, 0.05) is 28.6 Å². The van der Waals surface area contributed by atoms with E-state index in [1.807, 2.05) is 0 Å². The Morgan fingerprint density at radius 1 is 0.977 bits per heavy atom. The molecule has 0 aliphatic heterocycles. The molecule has 0 saturated carbocycles. The Bertz CT molecular complexity index is 1900. The molecule has 9 nitrogen and oxygen atoms in total. The summed E-state index contributed by atoms with van der Waals surface area (Å²) in [5.41, 5.74) is 0.360. The number of hydrogen-bond donors (Lipinski definition) is 1. The number of anilines is 1. The van der Waals surface area contributed by atoms with Gasteiger partial charge in [-0.2, -0.15) is 4.39 Å². The monoisotopic (exact) mass is 626 g/mol. The molecule has 230 valence electrons. The van der Waals surface area contributed by atoms with Gasteiger partial charge in [-0.05, 0) is 88.2 Å². The molecule has 0 radical (unpaired) electrons. The van der Waals surface area contributed by atoms with Gasteiger partial charge in [0.05, 0.1) is 15.4 Å². The molecule has 4 aromatic rings. The van der Waals surface area contributed by atoms with Crippen LogP contribution in [0.25, 0.3) is 11.1 Å². The van der Waals surface area contributed by atoms with Crippen molar-refractivity contribution in [1.82, 2.24) is 9.97 Å². The Balaban J connectivity index is 1.76. The van der Waals surface area contributed by atoms with Crippen LogP contribution in [0.2, 0.25) is 0 Å². The summed E-state index contributed by atoms with van der Waals surface area (Å²) in [6.45, 7) is 8.04. The van der Waals surface area contributed by atoms with Gasteiger partial charge in [-0.15, -0.1) is 4.36 Å². The fraction of sp³-hybridized carbons (Fsp3) is 0.226. The first kappa shape index (κ1) is 32.1. The number of pyridine rings is 2. The molecule has 13 heteroatoms. The standard InChI is InChI=1S/C31H29F3N4O5S/c1-17-22(19-10-11-23(32)24(33)14-19)16-35-29(42-25-12-13-26(34)36-18(25)2)27(17)28(39)37-20-8-7-9-21(15-20)44(6,41)38-30(40)43-31(3,4)5/h7-16H,1-6H3,(H,37,39)/t44-/m1/s1. The van der Waals surface area contributed by atoms with Crippen LogP contribution in [0.1, 0.15) is 42.4 Å². The number of nitrogens with zero attached hydrogens (tertiary/aromatic N) is 3. The minimum absolute atomic E-state index is 0.0722. The second-order valence-electron chi connectivity index (χ2n) is 10.8. The second-order valence-corrected chi connectivity index (χ2v) is 13.0. The molecule has 0 bridgehead atoms. The number of carbonyl (C=O) groups excluding carboxylic acids is 2. The third-order valence-corrected chi connectivity index (χ3v) is 7.77. The SMILES string of the molecule is Cc1nc(F)ccc1Oc1ncc(-c2ccc(F)c(F)c2)c(C)c1C(=O)Nc1cccc([S@@](C)(=O)=NC(=O)OC(C)(C)C)c1. The molecular weight excluding hydrogens is 597 g/mol. The predicted octanol–water partition coefficient (Wildman–Crippen LogP) is 7.61. The maximum atomic E-state index is 14.1. The Morgan fingerprint density at radius 2 is 1.70 bits per heavy atom. The van der Waals surface area contributed by atoms with Crippen molar-refractivity contribution in [3.63, 3.8) is 0 Å². The third kappa shape index (κ3) is 7.59. The molecule has 1 N–H and O–H groups in total. The van der Waals surface area contributed by atoms with Crippen molar-refractivity contribution in [2.45, 2.75) is 45.1 Å². The number of ether oxygens (including phenoxy) is 2. The number of aromatic nitrogens is 2. The first-order chi connectivity index (χ1) is 20.5. The van der Waals surface area contributed by atoms with Crippen LogP contribution >= 0.6 is 0 Å². The van der Waals surface area contributed by atoms with Crippen molar-refractivity contribution in [3.05, 3.63) is 95.2 Å². The highest BCUT2D eigenvalue weighted by atomic mass is 32.2. The van der Waals surface area contributed by atoms with E-state index < -0.39 is 44.9 Å². The van der Waals surface area contributed by atoms with E-state index in [1.54, 1.807) is 27.7 Å². The number of carbonyl (C=O) groups is 2. The highest BCUT2D eigenvalue weighted by Crippen LogP contribution is 2.34. The zero-order chi connectivity index (χ0) is 32.4. The highest BCUT2D eigenvalue weighted by Gasteiger charge is 2.24. The molecule has 0 spiro atoms. The van der Waals surface area contributed by atoms with E-state index in [9.17, 15) is 27.0 Å². The summed E-state index contributed by atoms with van der Waals surface area (Å²) in [7, 11) is -3.26. The van der Waals surface area contributed by atoms with E-state index >= 15 is 0 Å². The van der Waals surface area contributed by atoms with E-state index in [2.05, 4.69) is 19.6 Å². The van der Waals surface area contributed by atoms with Gasteiger partial charge in [0.15, 0.2) is 17.4 Å². The van der Waals surface area contributed by atoms with Crippen molar-refractivity contribution < 1.29 is 36.4 Å². The van der Waals surface area contributed by atoms with Crippen LogP contribution in [0.3, 0.4) is 0 Å². The number of hydrogen-bond acceptors (Lipinski definition) is 7. The molecule has 2 heterocycles. The normalized spacial score (nSPS) is 12.7. The van der Waals surface area contributed by atoms with Crippen molar-refractivity contribution in [3.8, 4) is 22.8 Å². The molecule has 0 fully saturated rings. The highest BCUT2D eigenvalue weighted by molar-refractivity contribution is 7.93. The van der Waals surface area contributed by atoms with Gasteiger partial charge in [-0.25, -0.2) is 27.8 Å². The fourth-order valence-corrected chi connectivity index (χ4v) is 5.19. The number of aryl methyl sites for hydroxylation is 1. The molecule has 2 amide bonds. The zero-order valence-electron chi connectivity index (χ0n) is 24.7. The third-order valence-electron chi connectivity index (χ3n) is 6.14. The lowest BCUT2D eigenvalue weighted by atomic mass is 9.98. The number of amides is 2. The largest absolute Gasteiger partial charge is 0.442 e. The van der Waals surface area contributed by atoms with Crippen molar-refractivity contribution >= 4 is 27.4 Å². The van der Waals surface area contributed by atoms with E-state index in [0.717, 1.165) is 18.2 Å². The lowest BCUT2D eigenvalue weighted by molar-refractivity contribution is 0.0607. The first-order valence-corrected chi connectivity index (χ1v) is 15.1. The lowest BCUT2D eigenvalue weighted by Crippen LogP contribution is -2.22. The molecule has 2 aromatic heterocycles. The van der Waals surface area contributed by atoms with Gasteiger partial charge < -0.3 is 14.8 Å². The van der Waals surface area contributed by atoms with Crippen LogP contribution in [-0.2, 0) is 14.5 Å². The number of nitrogens with one attached hydrogen (secondary N) is 1. The molecule has 44 heavy (non-hydrogen) atoms. The van der Waals surface area contributed by atoms with Crippen LogP contribution < -0.4 is 10.1 Å². The summed E-state index contributed by atoms with van der Waals surface area (Å²) in [5, 5.41) is 2.70. The Morgan fingerprint density at radius 3 is 2.36 bits per heavy atom. The maximum absolute atomic E-state index is 14.1. The van der Waals surface area contributed by atoms with Gasteiger partial charge in [0.1, 0.15) is 11.2 Å². The Labute approximate surface area is 252 Å². The average molecular weight is 627 g/mol. The topological polar surface area (TPSA) is 120 Å². The van der Waals surface area contributed by atoms with E-state index in [4.69, 9.17) is 9.47 Å². The molecule has 0 aliphatic carbocycles. The summed E-state index contributed by atoms with van der Waals surface area (Å²) in [6, 6.07) is 11.6. The summed E-state index contributed by atoms with van der Waals surface area (Å²) in [6.07, 6.45) is 1.61. The molecule has 0 saturated heterocycles. The summed E-state index contributed by atoms with van der Waals surface area (Å²) >= 11 is 0. The Kier molecular flexibility index (Phi) is 9.09. The molecule has 4 rings (SSSR count). The van der Waals surface area contributed by atoms with Crippen LogP contribution in [0.4, 0.5) is 23.7 Å². The maximum Gasteiger partial charge on any atom is 0.442 e. The number of rotatable bonds is 6. The van der Waals surface area contributed by atoms with Crippen molar-refractivity contribution in [2.75, 3.05) is 11.6 Å². The van der Waals surface area contributed by atoms with Gasteiger partial charge in [-0.3, -0.25) is 4.79 Å². The van der Waals surface area contributed by atoms with Crippen LogP contribution in [0.15, 0.2) is 70.1 Å². The van der Waals surface area contributed by atoms with Gasteiger partial charge in [0.25, 0.3) is 5.91 Å². The van der Waals surface area contributed by atoms with Crippen LogP contribution in [0, 0.1) is 31.4 Å². The zero-order valence-corrected chi connectivity index (χ0v) is 25.5. The minimum atomic E-state index is -3.26. The summed E-state index contributed by atoms with van der Waals surface area (Å²) < 4.78 is 69.4. The van der Waals surface area contributed by atoms with Crippen molar-refractivity contribution in [1.29, 1.82) is 0 Å². The summed E-state index contributed by atoms with van der Waals surface area (Å²) in [4.78, 5) is 34.1. The smallest absolute Gasteiger partial charge is 0.442 e. The van der Waals surface area contributed by atoms with Crippen LogP contribution in [-0.4, -0.2) is 38.0 Å². The molecule has 0 unspecified atom stereocenters. The van der Waals surface area contributed by atoms with E-state index in [1.165, 1.54) is 55.8 Å². The molecule has 2 aromatic carbocycles. The van der Waals surface area contributed by atoms with E-state index in [-0.39, 0.29) is 39.0 Å². The quantitative estimate of drug-likeness (QED) is 0.219. The Hall–Kier alpha value is -4.78. The number of halogens is 3. The van der Waals surface area contributed by atoms with Crippen LogP contribution in [0.5, 0.6) is 11.6 Å². The van der Waals surface area contributed by atoms with Gasteiger partial charge >= 0.3 is 6.09 Å². The lowest BCUT2D eigenvalue weighted by Gasteiger charge is -2.18. The number of benzene rings is 2. The fourth-order valence-electron chi connectivity index (χ4n) is 4.09. The second kappa shape index (κ2) is 12.4. The van der Waals surface area contributed by atoms with Gasteiger partial charge in [0.2, 0.25) is 11.8 Å². The minimum Gasteiger partial charge on any atom is -0.442 e.